The summed E-state index contributed by atoms with van der Waals surface area (Å²) in [5, 5.41) is 10.7. The Bertz CT molecular complexity index is 488. The summed E-state index contributed by atoms with van der Waals surface area (Å²) < 4.78 is 37.2. The first-order chi connectivity index (χ1) is 8.25. The van der Waals surface area contributed by atoms with Crippen LogP contribution in [0.25, 0.3) is 0 Å². The van der Waals surface area contributed by atoms with E-state index >= 15 is 0 Å². The number of carbonyl (C=O) groups excluding carboxylic acids is 1. The van der Waals surface area contributed by atoms with E-state index in [1.54, 1.807) is 0 Å². The van der Waals surface area contributed by atoms with E-state index in [2.05, 4.69) is 15.9 Å². The number of nitro groups is 1. The summed E-state index contributed by atoms with van der Waals surface area (Å²) in [6.45, 7) is 0. The quantitative estimate of drug-likeness (QED) is 0.485. The van der Waals surface area contributed by atoms with Gasteiger partial charge in [0.2, 0.25) is 0 Å². The molecule has 1 aromatic rings. The molecule has 98 valence electrons. The molecule has 0 unspecified atom stereocenters. The fraction of sp³-hybridized carbons (Fsp3) is 0.300. The number of rotatable bonds is 4. The van der Waals surface area contributed by atoms with Gasteiger partial charge in [-0.05, 0) is 6.07 Å². The summed E-state index contributed by atoms with van der Waals surface area (Å²) >= 11 is 2.88. The highest BCUT2D eigenvalue weighted by molar-refractivity contribution is 9.09. The van der Waals surface area contributed by atoms with Crippen molar-refractivity contribution in [2.45, 2.75) is 12.6 Å². The zero-order valence-electron chi connectivity index (χ0n) is 8.83. The monoisotopic (exact) mass is 325 g/mol. The van der Waals surface area contributed by atoms with Gasteiger partial charge < -0.3 is 0 Å². The molecule has 18 heavy (non-hydrogen) atoms. The molecule has 0 spiro atoms. The van der Waals surface area contributed by atoms with Gasteiger partial charge in [0, 0.05) is 18.1 Å². The van der Waals surface area contributed by atoms with E-state index in [1.807, 2.05) is 0 Å². The van der Waals surface area contributed by atoms with Crippen molar-refractivity contribution in [2.75, 3.05) is 5.33 Å². The minimum Gasteiger partial charge on any atom is -0.298 e. The van der Waals surface area contributed by atoms with E-state index in [9.17, 15) is 28.1 Å². The molecule has 0 amide bonds. The van der Waals surface area contributed by atoms with Crippen molar-refractivity contribution in [1.82, 2.24) is 0 Å². The van der Waals surface area contributed by atoms with Crippen LogP contribution in [0.5, 0.6) is 0 Å². The number of nitro benzene ring substituents is 1. The largest absolute Gasteiger partial charge is 0.416 e. The molecule has 0 radical (unpaired) electrons. The highest BCUT2D eigenvalue weighted by atomic mass is 79.9. The van der Waals surface area contributed by atoms with E-state index in [4.69, 9.17) is 0 Å². The molecule has 0 atom stereocenters. The number of benzene rings is 1. The fourth-order valence-corrected chi connectivity index (χ4v) is 1.52. The molecule has 0 saturated heterocycles. The molecule has 0 aromatic heterocycles. The molecule has 0 N–H and O–H groups in total. The van der Waals surface area contributed by atoms with Crippen molar-refractivity contribution in [1.29, 1.82) is 0 Å². The molecule has 0 saturated carbocycles. The van der Waals surface area contributed by atoms with E-state index in [0.717, 1.165) is 12.1 Å². The average molecular weight is 326 g/mol. The van der Waals surface area contributed by atoms with E-state index < -0.39 is 22.4 Å². The average Bonchev–Trinajstić information content (AvgIpc) is 2.27. The molecular weight excluding hydrogens is 319 g/mol. The lowest BCUT2D eigenvalue weighted by atomic mass is 10.0. The van der Waals surface area contributed by atoms with Crippen LogP contribution >= 0.6 is 15.9 Å². The van der Waals surface area contributed by atoms with Crippen LogP contribution in [0.15, 0.2) is 18.2 Å². The highest BCUT2D eigenvalue weighted by Crippen LogP contribution is 2.33. The normalized spacial score (nSPS) is 11.3. The smallest absolute Gasteiger partial charge is 0.298 e. The van der Waals surface area contributed by atoms with Crippen LogP contribution in [-0.2, 0) is 17.4 Å². The van der Waals surface area contributed by atoms with Gasteiger partial charge in [0.05, 0.1) is 15.8 Å². The van der Waals surface area contributed by atoms with Crippen molar-refractivity contribution < 1.29 is 22.9 Å². The summed E-state index contributed by atoms with van der Waals surface area (Å²) in [6.07, 6.45) is -4.93. The van der Waals surface area contributed by atoms with E-state index in [0.29, 0.717) is 6.07 Å². The summed E-state index contributed by atoms with van der Waals surface area (Å²) in [7, 11) is 0. The number of hydrogen-bond donors (Lipinski definition) is 0. The minimum absolute atomic E-state index is 0.00875. The molecular formula is C10H7BrF3NO3. The first-order valence-corrected chi connectivity index (χ1v) is 5.80. The molecule has 1 rings (SSSR count). The third-order valence-corrected chi connectivity index (χ3v) is 2.77. The lowest BCUT2D eigenvalue weighted by Crippen LogP contribution is -2.09. The highest BCUT2D eigenvalue weighted by Gasteiger charge is 2.33. The number of nitrogens with zero attached hydrogens (tertiary/aromatic N) is 1. The molecule has 0 aliphatic carbocycles. The van der Waals surface area contributed by atoms with Gasteiger partial charge in [-0.1, -0.05) is 22.0 Å². The standard InChI is InChI=1S/C10H7BrF3NO3/c11-5-8(16)3-6-1-2-7(10(12,13)14)4-9(6)15(17)18/h1-2,4H,3,5H2. The second kappa shape index (κ2) is 5.47. The maximum atomic E-state index is 12.4. The Morgan fingerprint density at radius 2 is 2.00 bits per heavy atom. The third kappa shape index (κ3) is 3.52. The molecule has 4 nitrogen and oxygen atoms in total. The molecule has 0 fully saturated rings. The van der Waals surface area contributed by atoms with Crippen LogP contribution < -0.4 is 0 Å². The molecule has 8 heteroatoms. The summed E-state index contributed by atoms with van der Waals surface area (Å²) in [5.41, 5.74) is -1.83. The Kier molecular flexibility index (Phi) is 4.44. The van der Waals surface area contributed by atoms with Crippen LogP contribution in [0.2, 0.25) is 0 Å². The van der Waals surface area contributed by atoms with Gasteiger partial charge in [0.1, 0.15) is 5.78 Å². The second-order valence-electron chi connectivity index (χ2n) is 3.45. The van der Waals surface area contributed by atoms with Gasteiger partial charge in [-0.3, -0.25) is 14.9 Å². The van der Waals surface area contributed by atoms with Crippen molar-refractivity contribution in [3.63, 3.8) is 0 Å². The first-order valence-electron chi connectivity index (χ1n) is 4.68. The lowest BCUT2D eigenvalue weighted by molar-refractivity contribution is -0.385. The second-order valence-corrected chi connectivity index (χ2v) is 4.01. The van der Waals surface area contributed by atoms with Crippen molar-refractivity contribution in [3.05, 3.63) is 39.4 Å². The number of Topliss-reactive ketones (excluding diaryl/α,β-unsaturated/α-hetero) is 1. The number of hydrogen-bond acceptors (Lipinski definition) is 3. The van der Waals surface area contributed by atoms with Crippen LogP contribution in [0.3, 0.4) is 0 Å². The van der Waals surface area contributed by atoms with Crippen LogP contribution in [-0.4, -0.2) is 16.0 Å². The van der Waals surface area contributed by atoms with E-state index in [1.165, 1.54) is 0 Å². The lowest BCUT2D eigenvalue weighted by Gasteiger charge is -2.08. The Hall–Kier alpha value is -1.44. The molecule has 0 heterocycles. The van der Waals surface area contributed by atoms with Crippen LogP contribution in [0, 0.1) is 10.1 Å². The van der Waals surface area contributed by atoms with Crippen molar-refractivity contribution in [2.24, 2.45) is 0 Å². The molecule has 1 aromatic carbocycles. The molecule has 0 aliphatic heterocycles. The molecule has 0 aliphatic rings. The van der Waals surface area contributed by atoms with Crippen molar-refractivity contribution >= 4 is 27.4 Å². The Balaban J connectivity index is 3.21. The summed E-state index contributed by atoms with van der Waals surface area (Å²) in [5.74, 6) is -0.349. The van der Waals surface area contributed by atoms with Crippen LogP contribution in [0.4, 0.5) is 18.9 Å². The Morgan fingerprint density at radius 1 is 1.39 bits per heavy atom. The third-order valence-electron chi connectivity index (χ3n) is 2.15. The Labute approximate surface area is 108 Å². The summed E-state index contributed by atoms with van der Waals surface area (Å²) in [4.78, 5) is 20.9. The van der Waals surface area contributed by atoms with Gasteiger partial charge in [-0.15, -0.1) is 0 Å². The number of halogens is 4. The van der Waals surface area contributed by atoms with Gasteiger partial charge >= 0.3 is 6.18 Å². The number of alkyl halides is 4. The number of ketones is 1. The van der Waals surface area contributed by atoms with Crippen LogP contribution in [0.1, 0.15) is 11.1 Å². The topological polar surface area (TPSA) is 60.2 Å². The first kappa shape index (κ1) is 14.6. The predicted octanol–water partition coefficient (Wildman–Crippen LogP) is 3.12. The predicted molar refractivity (Wildman–Crippen MR) is 60.6 cm³/mol. The summed E-state index contributed by atoms with van der Waals surface area (Å²) in [6, 6.07) is 2.13. The zero-order chi connectivity index (χ0) is 13.9. The zero-order valence-corrected chi connectivity index (χ0v) is 10.4. The van der Waals surface area contributed by atoms with E-state index in [-0.39, 0.29) is 23.1 Å². The van der Waals surface area contributed by atoms with Gasteiger partial charge in [-0.25, -0.2) is 0 Å². The number of carbonyl (C=O) groups is 1. The van der Waals surface area contributed by atoms with Gasteiger partial charge in [0.15, 0.2) is 0 Å². The van der Waals surface area contributed by atoms with Crippen molar-refractivity contribution in [3.8, 4) is 0 Å². The van der Waals surface area contributed by atoms with Gasteiger partial charge in [-0.2, -0.15) is 13.2 Å². The Morgan fingerprint density at radius 3 is 2.44 bits per heavy atom. The fourth-order valence-electron chi connectivity index (χ4n) is 1.32. The molecule has 0 bridgehead atoms. The minimum atomic E-state index is -4.65. The maximum Gasteiger partial charge on any atom is 0.416 e. The SMILES string of the molecule is O=C(CBr)Cc1ccc(C(F)(F)F)cc1[N+](=O)[O-]. The maximum absolute atomic E-state index is 12.4. The van der Waals surface area contributed by atoms with Gasteiger partial charge in [0.25, 0.3) is 5.69 Å².